The van der Waals surface area contributed by atoms with E-state index in [4.69, 9.17) is 19.3 Å². The first kappa shape index (κ1) is 28.7. The van der Waals surface area contributed by atoms with E-state index < -0.39 is 35.6 Å². The second-order valence-electron chi connectivity index (χ2n) is 10.7. The molecule has 0 radical (unpaired) electrons. The summed E-state index contributed by atoms with van der Waals surface area (Å²) in [5.74, 6) is -2.24. The Morgan fingerprint density at radius 2 is 1.89 bits per heavy atom. The lowest BCUT2D eigenvalue weighted by Crippen LogP contribution is -2.57. The highest BCUT2D eigenvalue weighted by atomic mass is 16.6. The van der Waals surface area contributed by atoms with Crippen molar-refractivity contribution < 1.29 is 33.7 Å². The zero-order valence-electron chi connectivity index (χ0n) is 22.4. The van der Waals surface area contributed by atoms with Gasteiger partial charge in [0.1, 0.15) is 18.2 Å². The molecule has 1 N–H and O–H groups in total. The molecule has 0 aromatic carbocycles. The molecule has 4 rings (SSSR count). The molecule has 38 heavy (non-hydrogen) atoms. The van der Waals surface area contributed by atoms with Crippen molar-refractivity contribution in [2.24, 2.45) is 11.8 Å². The molecule has 2 bridgehead atoms. The fourth-order valence-electron chi connectivity index (χ4n) is 6.63. The molecular weight excluding hydrogens is 490 g/mol. The minimum atomic E-state index is -1.03. The van der Waals surface area contributed by atoms with Crippen LogP contribution in [-0.4, -0.2) is 121 Å². The van der Waals surface area contributed by atoms with Crippen molar-refractivity contribution in [1.29, 1.82) is 0 Å². The molecule has 4 aliphatic heterocycles. The first-order valence-electron chi connectivity index (χ1n) is 14.0. The van der Waals surface area contributed by atoms with Gasteiger partial charge in [-0.2, -0.15) is 0 Å². The van der Waals surface area contributed by atoms with Crippen molar-refractivity contribution >= 4 is 17.8 Å². The van der Waals surface area contributed by atoms with E-state index in [9.17, 15) is 14.4 Å². The summed E-state index contributed by atoms with van der Waals surface area (Å²) >= 11 is 0. The summed E-state index contributed by atoms with van der Waals surface area (Å²) in [4.78, 5) is 47.0. The standard InChI is InChI=1S/C28H43N3O7/c1-3-11-30(14-13-29-15-19-36-20-16-29)26(34)24-28-10-9-21(38-28)22(27(35)37-18-4-2)23(28)25(33)31(24)12-7-5-6-8-17-32/h3-4,21-24,32H,1-2,5-20H2/t21-,22+,23+,24?,28?/m1/s1. The number of ether oxygens (including phenoxy) is 3. The minimum absolute atomic E-state index is 0.0710. The van der Waals surface area contributed by atoms with Gasteiger partial charge in [-0.25, -0.2) is 0 Å². The smallest absolute Gasteiger partial charge is 0.312 e. The lowest BCUT2D eigenvalue weighted by Gasteiger charge is -2.37. The molecule has 10 heteroatoms. The van der Waals surface area contributed by atoms with Gasteiger partial charge in [-0.1, -0.05) is 31.6 Å². The summed E-state index contributed by atoms with van der Waals surface area (Å²) < 4.78 is 17.3. The van der Waals surface area contributed by atoms with E-state index in [0.29, 0.717) is 65.1 Å². The van der Waals surface area contributed by atoms with Crippen molar-refractivity contribution in [2.45, 2.75) is 56.3 Å². The Balaban J connectivity index is 1.57. The first-order valence-corrected chi connectivity index (χ1v) is 14.0. The van der Waals surface area contributed by atoms with E-state index in [-0.39, 0.29) is 25.0 Å². The summed E-state index contributed by atoms with van der Waals surface area (Å²) in [6.45, 7) is 12.7. The Hall–Kier alpha value is -2.27. The number of carbonyl (C=O) groups excluding carboxylic acids is 3. The number of unbranched alkanes of at least 4 members (excludes halogenated alkanes) is 3. The maximum absolute atomic E-state index is 14.3. The first-order chi connectivity index (χ1) is 18.5. The number of carbonyl (C=O) groups is 3. The number of likely N-dealkylation sites (tertiary alicyclic amines) is 1. The van der Waals surface area contributed by atoms with Gasteiger partial charge in [0.05, 0.1) is 31.2 Å². The molecule has 2 amide bonds. The van der Waals surface area contributed by atoms with E-state index >= 15 is 0 Å². The molecule has 4 saturated heterocycles. The highest BCUT2D eigenvalue weighted by Crippen LogP contribution is 2.58. The summed E-state index contributed by atoms with van der Waals surface area (Å²) in [5.41, 5.74) is -1.03. The van der Waals surface area contributed by atoms with Gasteiger partial charge in [-0.05, 0) is 25.7 Å². The zero-order valence-corrected chi connectivity index (χ0v) is 22.4. The lowest BCUT2D eigenvalue weighted by atomic mass is 9.70. The predicted molar refractivity (Wildman–Crippen MR) is 140 cm³/mol. The van der Waals surface area contributed by atoms with Crippen molar-refractivity contribution in [3.63, 3.8) is 0 Å². The molecule has 0 saturated carbocycles. The van der Waals surface area contributed by atoms with Gasteiger partial charge < -0.3 is 29.1 Å². The van der Waals surface area contributed by atoms with Crippen LogP contribution in [0.3, 0.4) is 0 Å². The fraction of sp³-hybridized carbons (Fsp3) is 0.750. The number of nitrogens with zero attached hydrogens (tertiary/aromatic N) is 3. The summed E-state index contributed by atoms with van der Waals surface area (Å²) in [7, 11) is 0. The molecule has 4 heterocycles. The Bertz CT molecular complexity index is 877. The van der Waals surface area contributed by atoms with Gasteiger partial charge in [0.25, 0.3) is 0 Å². The second-order valence-corrected chi connectivity index (χ2v) is 10.7. The quantitative estimate of drug-likeness (QED) is 0.189. The summed E-state index contributed by atoms with van der Waals surface area (Å²) in [5, 5.41) is 9.11. The van der Waals surface area contributed by atoms with Crippen LogP contribution in [0.25, 0.3) is 0 Å². The third kappa shape index (κ3) is 5.68. The number of morpholine rings is 1. The van der Waals surface area contributed by atoms with E-state index in [1.54, 1.807) is 15.9 Å². The van der Waals surface area contributed by atoms with Crippen molar-refractivity contribution in [2.75, 3.05) is 65.7 Å². The van der Waals surface area contributed by atoms with Gasteiger partial charge in [0, 0.05) is 45.9 Å². The Kier molecular flexibility index (Phi) is 9.97. The van der Waals surface area contributed by atoms with Crippen molar-refractivity contribution in [3.05, 3.63) is 25.3 Å². The van der Waals surface area contributed by atoms with E-state index in [2.05, 4.69) is 18.1 Å². The highest BCUT2D eigenvalue weighted by Gasteiger charge is 2.75. The van der Waals surface area contributed by atoms with Gasteiger partial charge in [-0.3, -0.25) is 19.3 Å². The molecule has 0 aromatic rings. The Morgan fingerprint density at radius 3 is 2.61 bits per heavy atom. The average Bonchev–Trinajstić information content (AvgIpc) is 3.57. The minimum Gasteiger partial charge on any atom is -0.461 e. The van der Waals surface area contributed by atoms with Crippen LogP contribution in [0.15, 0.2) is 25.3 Å². The van der Waals surface area contributed by atoms with Crippen LogP contribution in [0.2, 0.25) is 0 Å². The predicted octanol–water partition coefficient (Wildman–Crippen LogP) is 0.990. The molecule has 1 spiro atoms. The van der Waals surface area contributed by atoms with Gasteiger partial charge in [0.2, 0.25) is 11.8 Å². The molecule has 10 nitrogen and oxygen atoms in total. The highest BCUT2D eigenvalue weighted by molar-refractivity contribution is 5.98. The monoisotopic (exact) mass is 533 g/mol. The normalized spacial score (nSPS) is 30.3. The Morgan fingerprint density at radius 1 is 1.13 bits per heavy atom. The number of aliphatic hydroxyl groups is 1. The van der Waals surface area contributed by atoms with Crippen LogP contribution >= 0.6 is 0 Å². The number of hydrogen-bond donors (Lipinski definition) is 1. The van der Waals surface area contributed by atoms with Crippen LogP contribution < -0.4 is 0 Å². The largest absolute Gasteiger partial charge is 0.461 e. The maximum Gasteiger partial charge on any atom is 0.312 e. The fourth-order valence-corrected chi connectivity index (χ4v) is 6.63. The molecule has 4 aliphatic rings. The summed E-state index contributed by atoms with van der Waals surface area (Å²) in [6.07, 6.45) is 7.07. The number of amides is 2. The van der Waals surface area contributed by atoms with E-state index in [1.807, 2.05) is 0 Å². The van der Waals surface area contributed by atoms with Crippen LogP contribution in [-0.2, 0) is 28.6 Å². The number of fused-ring (bicyclic) bond motifs is 1. The molecule has 0 aliphatic carbocycles. The van der Waals surface area contributed by atoms with Crippen molar-refractivity contribution in [3.8, 4) is 0 Å². The maximum atomic E-state index is 14.3. The van der Waals surface area contributed by atoms with Crippen LogP contribution in [0.4, 0.5) is 0 Å². The molecular formula is C28H43N3O7. The Labute approximate surface area is 225 Å². The van der Waals surface area contributed by atoms with Gasteiger partial charge in [0.15, 0.2) is 0 Å². The van der Waals surface area contributed by atoms with Gasteiger partial charge >= 0.3 is 5.97 Å². The number of aliphatic hydroxyl groups excluding tert-OH is 1. The summed E-state index contributed by atoms with van der Waals surface area (Å²) in [6, 6.07) is -0.787. The third-order valence-corrected chi connectivity index (χ3v) is 8.41. The van der Waals surface area contributed by atoms with E-state index in [1.165, 1.54) is 6.08 Å². The number of hydrogen-bond acceptors (Lipinski definition) is 8. The van der Waals surface area contributed by atoms with Crippen LogP contribution in [0.1, 0.15) is 38.5 Å². The third-order valence-electron chi connectivity index (χ3n) is 8.41. The van der Waals surface area contributed by atoms with Crippen LogP contribution in [0, 0.1) is 11.8 Å². The molecule has 4 fully saturated rings. The van der Waals surface area contributed by atoms with Crippen molar-refractivity contribution in [1.82, 2.24) is 14.7 Å². The van der Waals surface area contributed by atoms with Gasteiger partial charge in [-0.15, -0.1) is 6.58 Å². The zero-order chi connectivity index (χ0) is 27.1. The molecule has 2 unspecified atom stereocenters. The number of esters is 1. The molecule has 212 valence electrons. The number of rotatable bonds is 15. The lowest BCUT2D eigenvalue weighted by molar-refractivity contribution is -0.154. The SMILES string of the molecule is C=CCOC(=O)[C@@H]1[C@H]2C(=O)N(CCCCCCO)C(C(=O)N(CC=C)CCN3CCOCC3)C23CC[C@H]1O3. The average molecular weight is 534 g/mol. The second kappa shape index (κ2) is 13.2. The molecule has 0 aromatic heterocycles. The van der Waals surface area contributed by atoms with E-state index in [0.717, 1.165) is 25.9 Å². The van der Waals surface area contributed by atoms with Crippen LogP contribution in [0.5, 0.6) is 0 Å². The topological polar surface area (TPSA) is 109 Å². The molecule has 5 atom stereocenters.